The Morgan fingerprint density at radius 2 is 2.10 bits per heavy atom. The Hall–Kier alpha value is -0.900. The van der Waals surface area contributed by atoms with Crippen LogP contribution >= 0.6 is 22.9 Å². The Morgan fingerprint density at radius 3 is 2.75 bits per heavy atom. The first-order valence-corrected chi connectivity index (χ1v) is 8.03. The number of nitrogens with one attached hydrogen (secondary N) is 1. The third kappa shape index (κ3) is 4.05. The van der Waals surface area contributed by atoms with Crippen LogP contribution in [0.2, 0.25) is 5.02 Å². The van der Waals surface area contributed by atoms with E-state index in [1.807, 2.05) is 0 Å². The lowest BCUT2D eigenvalue weighted by atomic mass is 10.0. The van der Waals surface area contributed by atoms with Gasteiger partial charge in [-0.1, -0.05) is 18.5 Å². The lowest BCUT2D eigenvalue weighted by Crippen LogP contribution is -2.23. The van der Waals surface area contributed by atoms with Gasteiger partial charge in [-0.25, -0.2) is 4.39 Å². The average Bonchev–Trinajstić information content (AvgIpc) is 2.85. The normalized spacial score (nSPS) is 12.6. The molecule has 20 heavy (non-hydrogen) atoms. The van der Waals surface area contributed by atoms with E-state index in [9.17, 15) is 4.39 Å². The first kappa shape index (κ1) is 15.5. The highest BCUT2D eigenvalue weighted by Gasteiger charge is 2.16. The van der Waals surface area contributed by atoms with Crippen LogP contribution in [0.3, 0.4) is 0 Å². The van der Waals surface area contributed by atoms with Gasteiger partial charge in [-0.15, -0.1) is 11.3 Å². The quantitative estimate of drug-likeness (QED) is 0.779. The van der Waals surface area contributed by atoms with Crippen molar-refractivity contribution in [2.24, 2.45) is 0 Å². The highest BCUT2D eigenvalue weighted by molar-refractivity contribution is 7.12. The fourth-order valence-corrected chi connectivity index (χ4v) is 3.30. The molecule has 0 bridgehead atoms. The van der Waals surface area contributed by atoms with Gasteiger partial charge in [0.15, 0.2) is 0 Å². The Labute approximate surface area is 128 Å². The van der Waals surface area contributed by atoms with E-state index in [0.717, 1.165) is 13.0 Å². The number of benzene rings is 1. The molecule has 0 aliphatic heterocycles. The van der Waals surface area contributed by atoms with Gasteiger partial charge in [-0.05, 0) is 62.2 Å². The second kappa shape index (κ2) is 7.21. The van der Waals surface area contributed by atoms with Crippen LogP contribution in [0.25, 0.3) is 0 Å². The van der Waals surface area contributed by atoms with Crippen LogP contribution in [0.5, 0.6) is 0 Å². The Bertz CT molecular complexity index is 567. The van der Waals surface area contributed by atoms with Crippen LogP contribution in [0, 0.1) is 12.7 Å². The molecule has 1 aromatic carbocycles. The molecular weight excluding hydrogens is 293 g/mol. The molecule has 1 aromatic heterocycles. The minimum atomic E-state index is -0.189. The van der Waals surface area contributed by atoms with Crippen LogP contribution in [-0.2, 0) is 6.42 Å². The first-order chi connectivity index (χ1) is 9.60. The van der Waals surface area contributed by atoms with E-state index in [1.54, 1.807) is 23.5 Å². The zero-order chi connectivity index (χ0) is 14.5. The molecule has 1 heterocycles. The van der Waals surface area contributed by atoms with E-state index >= 15 is 0 Å². The van der Waals surface area contributed by atoms with E-state index in [0.29, 0.717) is 17.0 Å². The molecule has 0 aliphatic rings. The van der Waals surface area contributed by atoms with Crippen molar-refractivity contribution in [2.75, 3.05) is 6.54 Å². The zero-order valence-electron chi connectivity index (χ0n) is 11.7. The second-order valence-corrected chi connectivity index (χ2v) is 6.65. The summed E-state index contributed by atoms with van der Waals surface area (Å²) in [6, 6.07) is 9.11. The maximum absolute atomic E-state index is 13.9. The van der Waals surface area contributed by atoms with Gasteiger partial charge in [0.05, 0.1) is 0 Å². The van der Waals surface area contributed by atoms with Crippen molar-refractivity contribution >= 4 is 22.9 Å². The number of thiophene rings is 1. The molecule has 0 fully saturated rings. The SMILES string of the molecule is CCCNC(Cc1cc(Cl)ccc1F)c1ccc(C)s1. The molecular formula is C16H19ClFNS. The van der Waals surface area contributed by atoms with Crippen molar-refractivity contribution in [2.45, 2.75) is 32.7 Å². The highest BCUT2D eigenvalue weighted by atomic mass is 35.5. The number of hydrogen-bond acceptors (Lipinski definition) is 2. The van der Waals surface area contributed by atoms with Gasteiger partial charge in [0.2, 0.25) is 0 Å². The molecule has 4 heteroatoms. The average molecular weight is 312 g/mol. The Kier molecular flexibility index (Phi) is 5.58. The van der Waals surface area contributed by atoms with Crippen LogP contribution in [0.1, 0.15) is 34.7 Å². The molecule has 1 unspecified atom stereocenters. The predicted molar refractivity (Wildman–Crippen MR) is 85.2 cm³/mol. The van der Waals surface area contributed by atoms with Crippen LogP contribution in [-0.4, -0.2) is 6.54 Å². The number of hydrogen-bond donors (Lipinski definition) is 1. The summed E-state index contributed by atoms with van der Waals surface area (Å²) in [7, 11) is 0. The summed E-state index contributed by atoms with van der Waals surface area (Å²) in [5.41, 5.74) is 0.664. The number of halogens is 2. The summed E-state index contributed by atoms with van der Waals surface area (Å²) >= 11 is 7.73. The van der Waals surface area contributed by atoms with Crippen molar-refractivity contribution in [1.29, 1.82) is 0 Å². The first-order valence-electron chi connectivity index (χ1n) is 6.83. The molecule has 1 atom stereocenters. The van der Waals surface area contributed by atoms with E-state index in [-0.39, 0.29) is 11.9 Å². The van der Waals surface area contributed by atoms with Gasteiger partial charge < -0.3 is 5.32 Å². The van der Waals surface area contributed by atoms with Gasteiger partial charge in [0.1, 0.15) is 5.82 Å². The molecule has 108 valence electrons. The van der Waals surface area contributed by atoms with Gasteiger partial charge >= 0.3 is 0 Å². The minimum Gasteiger partial charge on any atom is -0.309 e. The molecule has 2 aromatic rings. The third-order valence-corrected chi connectivity index (χ3v) is 4.53. The lowest BCUT2D eigenvalue weighted by molar-refractivity contribution is 0.519. The highest BCUT2D eigenvalue weighted by Crippen LogP contribution is 2.27. The summed E-state index contributed by atoms with van der Waals surface area (Å²) in [5, 5.41) is 4.08. The summed E-state index contributed by atoms with van der Waals surface area (Å²) < 4.78 is 13.9. The van der Waals surface area contributed by atoms with Crippen molar-refractivity contribution in [1.82, 2.24) is 5.32 Å². The summed E-state index contributed by atoms with van der Waals surface area (Å²) in [6.07, 6.45) is 1.67. The summed E-state index contributed by atoms with van der Waals surface area (Å²) in [5.74, 6) is -0.189. The number of aryl methyl sites for hydroxylation is 1. The summed E-state index contributed by atoms with van der Waals surface area (Å²) in [4.78, 5) is 2.52. The minimum absolute atomic E-state index is 0.140. The van der Waals surface area contributed by atoms with E-state index in [2.05, 4.69) is 31.3 Å². The van der Waals surface area contributed by atoms with Gasteiger partial charge in [-0.2, -0.15) is 0 Å². The molecule has 2 rings (SSSR count). The van der Waals surface area contributed by atoms with Gasteiger partial charge in [-0.3, -0.25) is 0 Å². The van der Waals surface area contributed by atoms with E-state index < -0.39 is 0 Å². The van der Waals surface area contributed by atoms with Crippen molar-refractivity contribution in [3.8, 4) is 0 Å². The fourth-order valence-electron chi connectivity index (χ4n) is 2.15. The maximum Gasteiger partial charge on any atom is 0.126 e. The molecule has 0 radical (unpaired) electrons. The maximum atomic E-state index is 13.9. The number of rotatable bonds is 6. The van der Waals surface area contributed by atoms with E-state index in [1.165, 1.54) is 15.8 Å². The predicted octanol–water partition coefficient (Wildman–Crippen LogP) is 5.13. The van der Waals surface area contributed by atoms with Crippen molar-refractivity contribution < 1.29 is 4.39 Å². The third-order valence-electron chi connectivity index (χ3n) is 3.18. The van der Waals surface area contributed by atoms with Crippen molar-refractivity contribution in [3.05, 3.63) is 56.5 Å². The smallest absolute Gasteiger partial charge is 0.126 e. The largest absolute Gasteiger partial charge is 0.309 e. The van der Waals surface area contributed by atoms with Gasteiger partial charge in [0, 0.05) is 20.8 Å². The lowest BCUT2D eigenvalue weighted by Gasteiger charge is -2.18. The van der Waals surface area contributed by atoms with Crippen LogP contribution in [0.4, 0.5) is 4.39 Å². The van der Waals surface area contributed by atoms with E-state index in [4.69, 9.17) is 11.6 Å². The summed E-state index contributed by atoms with van der Waals surface area (Å²) in [6.45, 7) is 5.14. The zero-order valence-corrected chi connectivity index (χ0v) is 13.3. The monoisotopic (exact) mass is 311 g/mol. The standard InChI is InChI=1S/C16H19ClFNS/c1-3-8-19-15(16-7-4-11(2)20-16)10-12-9-13(17)5-6-14(12)18/h4-7,9,15,19H,3,8,10H2,1-2H3. The Morgan fingerprint density at radius 1 is 1.30 bits per heavy atom. The molecule has 1 N–H and O–H groups in total. The van der Waals surface area contributed by atoms with Crippen LogP contribution < -0.4 is 5.32 Å². The second-order valence-electron chi connectivity index (χ2n) is 4.89. The Balaban J connectivity index is 2.21. The van der Waals surface area contributed by atoms with Crippen LogP contribution in [0.15, 0.2) is 30.3 Å². The molecule has 0 saturated carbocycles. The molecule has 1 nitrogen and oxygen atoms in total. The molecule has 0 spiro atoms. The molecule has 0 amide bonds. The topological polar surface area (TPSA) is 12.0 Å². The molecule has 0 aliphatic carbocycles. The van der Waals surface area contributed by atoms with Crippen molar-refractivity contribution in [3.63, 3.8) is 0 Å². The van der Waals surface area contributed by atoms with Gasteiger partial charge in [0.25, 0.3) is 0 Å². The fraction of sp³-hybridized carbons (Fsp3) is 0.375. The molecule has 0 saturated heterocycles.